The van der Waals surface area contributed by atoms with E-state index < -0.39 is 0 Å². The van der Waals surface area contributed by atoms with Gasteiger partial charge in [0, 0.05) is 13.0 Å². The average molecular weight is 397 g/mol. The van der Waals surface area contributed by atoms with Crippen LogP contribution in [0.25, 0.3) is 6.08 Å². The van der Waals surface area contributed by atoms with E-state index in [1.807, 2.05) is 25.1 Å². The minimum atomic E-state index is -0.363. The summed E-state index contributed by atoms with van der Waals surface area (Å²) in [5.74, 6) is -0.853. The first-order valence-electron chi connectivity index (χ1n) is 10.1. The number of benzene rings is 1. The van der Waals surface area contributed by atoms with E-state index in [0.29, 0.717) is 13.0 Å². The van der Waals surface area contributed by atoms with E-state index in [-0.39, 0.29) is 48.0 Å². The topological polar surface area (TPSA) is 87.1 Å². The second kappa shape index (κ2) is 7.76. The second-order valence-corrected chi connectivity index (χ2v) is 8.34. The number of hydrogen-bond acceptors (Lipinski definition) is 5. The van der Waals surface area contributed by atoms with Gasteiger partial charge >= 0.3 is 0 Å². The fourth-order valence-corrected chi connectivity index (χ4v) is 5.11. The van der Waals surface area contributed by atoms with Crippen molar-refractivity contribution in [2.24, 2.45) is 17.8 Å². The highest BCUT2D eigenvalue weighted by Gasteiger charge is 2.55. The highest BCUT2D eigenvalue weighted by Crippen LogP contribution is 2.49. The van der Waals surface area contributed by atoms with Gasteiger partial charge in [0.1, 0.15) is 5.75 Å². The maximum absolute atomic E-state index is 12.6. The molecule has 2 saturated heterocycles. The molecule has 2 amide bonds. The van der Waals surface area contributed by atoms with Gasteiger partial charge in [-0.1, -0.05) is 23.8 Å². The van der Waals surface area contributed by atoms with E-state index in [0.717, 1.165) is 35.1 Å². The molecule has 0 radical (unpaired) electrons. The van der Waals surface area contributed by atoms with Crippen molar-refractivity contribution in [3.63, 3.8) is 0 Å². The summed E-state index contributed by atoms with van der Waals surface area (Å²) < 4.78 is 6.06. The van der Waals surface area contributed by atoms with Crippen LogP contribution in [0.1, 0.15) is 31.7 Å². The molecule has 29 heavy (non-hydrogen) atoms. The molecule has 2 aliphatic heterocycles. The van der Waals surface area contributed by atoms with Crippen LogP contribution in [0.15, 0.2) is 41.0 Å². The number of carbonyl (C=O) groups excluding carboxylic acids is 2. The van der Waals surface area contributed by atoms with Gasteiger partial charge in [0.15, 0.2) is 0 Å². The number of phenolic OH excluding ortho intramolecular Hbond substituents is 1. The molecule has 1 aromatic rings. The number of fused-ring (bicyclic) bond motifs is 3. The summed E-state index contributed by atoms with van der Waals surface area (Å²) in [7, 11) is 1.55. The van der Waals surface area contributed by atoms with Gasteiger partial charge in [0.25, 0.3) is 0 Å². The van der Waals surface area contributed by atoms with Gasteiger partial charge < -0.3 is 14.9 Å². The standard InChI is InChI=1S/C23H27NO5/c1-13(8-14-4-3-5-16(26)9-14)6-7-19-20-15(11-25)10-17-21(18(20)12-29-19)23(28)24(2)22(17)27/h3-5,8-9,17-19,21,25-26H,6-7,10-12H2,1-2H3/b13-8+/t17-,18+,19-,21-/m1/s1. The molecular weight excluding hydrogens is 370 g/mol. The minimum Gasteiger partial charge on any atom is -0.508 e. The van der Waals surface area contributed by atoms with Crippen molar-refractivity contribution in [1.82, 2.24) is 4.90 Å². The van der Waals surface area contributed by atoms with Crippen LogP contribution in [0.3, 0.4) is 0 Å². The Balaban J connectivity index is 1.51. The molecule has 0 saturated carbocycles. The zero-order valence-corrected chi connectivity index (χ0v) is 16.8. The molecule has 2 heterocycles. The molecule has 3 aliphatic rings. The highest BCUT2D eigenvalue weighted by atomic mass is 16.5. The summed E-state index contributed by atoms with van der Waals surface area (Å²) in [6.45, 7) is 2.37. The molecule has 2 fully saturated rings. The number of carbonyl (C=O) groups is 2. The first-order chi connectivity index (χ1) is 13.9. The summed E-state index contributed by atoms with van der Waals surface area (Å²) in [4.78, 5) is 26.3. The van der Waals surface area contributed by atoms with Gasteiger partial charge in [-0.25, -0.2) is 0 Å². The molecule has 0 unspecified atom stereocenters. The fraction of sp³-hybridized carbons (Fsp3) is 0.478. The highest BCUT2D eigenvalue weighted by molar-refractivity contribution is 6.05. The summed E-state index contributed by atoms with van der Waals surface area (Å²) >= 11 is 0. The molecule has 6 nitrogen and oxygen atoms in total. The van der Waals surface area contributed by atoms with Crippen molar-refractivity contribution >= 4 is 17.9 Å². The average Bonchev–Trinajstić information content (AvgIpc) is 3.21. The van der Waals surface area contributed by atoms with E-state index in [4.69, 9.17) is 4.74 Å². The van der Waals surface area contributed by atoms with Crippen molar-refractivity contribution in [2.45, 2.75) is 32.3 Å². The van der Waals surface area contributed by atoms with Gasteiger partial charge in [-0.05, 0) is 55.0 Å². The third-order valence-electron chi connectivity index (χ3n) is 6.50. The Labute approximate surface area is 170 Å². The van der Waals surface area contributed by atoms with Crippen LogP contribution in [0.2, 0.25) is 0 Å². The summed E-state index contributed by atoms with van der Waals surface area (Å²) in [6, 6.07) is 7.12. The second-order valence-electron chi connectivity index (χ2n) is 8.34. The lowest BCUT2D eigenvalue weighted by atomic mass is 9.69. The van der Waals surface area contributed by atoms with E-state index in [1.54, 1.807) is 19.2 Å². The van der Waals surface area contributed by atoms with E-state index >= 15 is 0 Å². The van der Waals surface area contributed by atoms with Crippen molar-refractivity contribution in [2.75, 3.05) is 20.3 Å². The zero-order valence-electron chi connectivity index (χ0n) is 16.8. The third kappa shape index (κ3) is 3.51. The van der Waals surface area contributed by atoms with Crippen LogP contribution >= 0.6 is 0 Å². The number of imide groups is 1. The number of aliphatic hydroxyl groups excluding tert-OH is 1. The lowest BCUT2D eigenvalue weighted by Crippen LogP contribution is -2.34. The maximum atomic E-state index is 12.6. The van der Waals surface area contributed by atoms with Gasteiger partial charge in [-0.3, -0.25) is 14.5 Å². The van der Waals surface area contributed by atoms with Crippen molar-refractivity contribution in [3.8, 4) is 5.75 Å². The van der Waals surface area contributed by atoms with Gasteiger partial charge in [-0.15, -0.1) is 0 Å². The number of hydrogen-bond donors (Lipinski definition) is 2. The van der Waals surface area contributed by atoms with Gasteiger partial charge in [0.2, 0.25) is 11.8 Å². The smallest absolute Gasteiger partial charge is 0.233 e. The van der Waals surface area contributed by atoms with Crippen LogP contribution in [-0.2, 0) is 14.3 Å². The summed E-state index contributed by atoms with van der Waals surface area (Å²) in [6.07, 6.45) is 3.91. The molecule has 4 rings (SSSR count). The first kappa shape index (κ1) is 19.9. The van der Waals surface area contributed by atoms with Crippen LogP contribution < -0.4 is 0 Å². The lowest BCUT2D eigenvalue weighted by Gasteiger charge is -2.31. The number of allylic oxidation sites excluding steroid dienone is 1. The minimum absolute atomic E-state index is 0.0990. The zero-order chi connectivity index (χ0) is 20.7. The third-order valence-corrected chi connectivity index (χ3v) is 6.50. The molecule has 0 bridgehead atoms. The van der Waals surface area contributed by atoms with Crippen LogP contribution in [0.4, 0.5) is 0 Å². The number of amides is 2. The van der Waals surface area contributed by atoms with Crippen LogP contribution in [-0.4, -0.2) is 53.3 Å². The number of likely N-dealkylation sites (tertiary alicyclic amines) is 1. The number of aromatic hydroxyl groups is 1. The summed E-state index contributed by atoms with van der Waals surface area (Å²) in [5, 5.41) is 19.5. The Morgan fingerprint density at radius 3 is 2.79 bits per heavy atom. The number of ether oxygens (including phenoxy) is 1. The first-order valence-corrected chi connectivity index (χ1v) is 10.1. The van der Waals surface area contributed by atoms with Crippen molar-refractivity contribution in [1.29, 1.82) is 0 Å². The summed E-state index contributed by atoms with van der Waals surface area (Å²) in [5.41, 5.74) is 4.01. The van der Waals surface area contributed by atoms with E-state index in [1.165, 1.54) is 4.90 Å². The van der Waals surface area contributed by atoms with Crippen molar-refractivity contribution in [3.05, 3.63) is 46.5 Å². The Bertz CT molecular complexity index is 902. The fourth-order valence-electron chi connectivity index (χ4n) is 5.11. The normalized spacial score (nSPS) is 29.5. The molecule has 154 valence electrons. The molecule has 1 aromatic carbocycles. The monoisotopic (exact) mass is 397 g/mol. The Morgan fingerprint density at radius 2 is 2.07 bits per heavy atom. The predicted octanol–water partition coefficient (Wildman–Crippen LogP) is 2.51. The predicted molar refractivity (Wildman–Crippen MR) is 108 cm³/mol. The van der Waals surface area contributed by atoms with E-state index in [9.17, 15) is 19.8 Å². The number of phenols is 1. The molecule has 4 atom stereocenters. The van der Waals surface area contributed by atoms with Crippen LogP contribution in [0, 0.1) is 17.8 Å². The molecular formula is C23H27NO5. The largest absolute Gasteiger partial charge is 0.508 e. The number of nitrogens with zero attached hydrogens (tertiary/aromatic N) is 1. The Hall–Kier alpha value is -2.44. The number of aliphatic hydroxyl groups is 1. The molecule has 0 aromatic heterocycles. The van der Waals surface area contributed by atoms with Crippen molar-refractivity contribution < 1.29 is 24.5 Å². The quantitative estimate of drug-likeness (QED) is 0.589. The molecule has 1 aliphatic carbocycles. The molecule has 2 N–H and O–H groups in total. The number of rotatable bonds is 5. The SMILES string of the molecule is C/C(=C\c1cccc(O)c1)CC[C@H]1OC[C@H]2C1=C(CO)C[C@H]1C(=O)N(C)C(=O)[C@H]12. The Morgan fingerprint density at radius 1 is 1.28 bits per heavy atom. The van der Waals surface area contributed by atoms with Gasteiger partial charge in [-0.2, -0.15) is 0 Å². The van der Waals surface area contributed by atoms with E-state index in [2.05, 4.69) is 0 Å². The van der Waals surface area contributed by atoms with Gasteiger partial charge in [0.05, 0.1) is 31.2 Å². The molecule has 6 heteroatoms. The molecule has 0 spiro atoms. The lowest BCUT2D eigenvalue weighted by molar-refractivity contribution is -0.138. The van der Waals surface area contributed by atoms with Crippen LogP contribution in [0.5, 0.6) is 5.75 Å². The maximum Gasteiger partial charge on any atom is 0.233 e. The Kier molecular flexibility index (Phi) is 5.32.